The van der Waals surface area contributed by atoms with E-state index < -0.39 is 0 Å². The lowest BCUT2D eigenvalue weighted by Gasteiger charge is -2.07. The molecule has 7 heteroatoms. The van der Waals surface area contributed by atoms with Crippen molar-refractivity contribution in [3.8, 4) is 11.5 Å². The number of nitrogens with zero attached hydrogens (tertiary/aromatic N) is 3. The largest absolute Gasteiger partial charge is 0.487 e. The molecule has 0 amide bonds. The van der Waals surface area contributed by atoms with Crippen LogP contribution in [0.1, 0.15) is 28.3 Å². The minimum Gasteiger partial charge on any atom is -0.487 e. The molecule has 4 aromatic rings. The molecule has 6 nitrogen and oxygen atoms in total. The van der Waals surface area contributed by atoms with Crippen molar-refractivity contribution in [3.05, 3.63) is 95.1 Å². The topological polar surface area (TPSA) is 70.3 Å². The molecule has 2 heterocycles. The van der Waals surface area contributed by atoms with Crippen molar-refractivity contribution < 1.29 is 13.9 Å². The highest BCUT2D eigenvalue weighted by atomic mass is 32.2. The zero-order valence-electron chi connectivity index (χ0n) is 17.4. The lowest BCUT2D eigenvalue weighted by molar-refractivity contribution is 0.250. The van der Waals surface area contributed by atoms with E-state index in [-0.39, 0.29) is 6.61 Å². The second-order valence-corrected chi connectivity index (χ2v) is 7.99. The Morgan fingerprint density at radius 3 is 2.58 bits per heavy atom. The molecule has 0 saturated heterocycles. The van der Waals surface area contributed by atoms with Crippen molar-refractivity contribution in [1.29, 1.82) is 0 Å². The zero-order valence-corrected chi connectivity index (χ0v) is 18.3. The van der Waals surface area contributed by atoms with Gasteiger partial charge in [0, 0.05) is 11.9 Å². The second kappa shape index (κ2) is 10.1. The first-order valence-corrected chi connectivity index (χ1v) is 10.9. The van der Waals surface area contributed by atoms with Crippen molar-refractivity contribution in [3.63, 3.8) is 0 Å². The Balaban J connectivity index is 1.25. The van der Waals surface area contributed by atoms with Gasteiger partial charge >= 0.3 is 0 Å². The van der Waals surface area contributed by atoms with Crippen LogP contribution in [0.2, 0.25) is 0 Å². The maximum absolute atomic E-state index is 5.82. The summed E-state index contributed by atoms with van der Waals surface area (Å²) in [6, 6.07) is 19.8. The Morgan fingerprint density at radius 1 is 0.903 bits per heavy atom. The number of benzene rings is 2. The van der Waals surface area contributed by atoms with E-state index in [1.807, 2.05) is 68.4 Å². The van der Waals surface area contributed by atoms with Gasteiger partial charge in [-0.25, -0.2) is 0 Å². The molecule has 0 N–H and O–H groups in total. The minimum absolute atomic E-state index is 0.250. The molecule has 0 aliphatic heterocycles. The summed E-state index contributed by atoms with van der Waals surface area (Å²) in [7, 11) is 0. The Kier molecular flexibility index (Phi) is 6.84. The number of aromatic nitrogens is 3. The summed E-state index contributed by atoms with van der Waals surface area (Å²) in [5.41, 5.74) is 4.26. The van der Waals surface area contributed by atoms with Gasteiger partial charge in [-0.15, -0.1) is 10.2 Å². The first-order chi connectivity index (χ1) is 15.2. The van der Waals surface area contributed by atoms with Crippen LogP contribution in [-0.2, 0) is 19.0 Å². The van der Waals surface area contributed by atoms with Crippen LogP contribution >= 0.6 is 11.8 Å². The van der Waals surface area contributed by atoms with E-state index >= 15 is 0 Å². The molecule has 0 aliphatic carbocycles. The number of pyridine rings is 1. The summed E-state index contributed by atoms with van der Waals surface area (Å²) in [6.07, 6.45) is 1.76. The first kappa shape index (κ1) is 20.9. The molecule has 2 aromatic heterocycles. The molecular weight excluding hydrogens is 410 g/mol. The number of ether oxygens (including phenoxy) is 2. The van der Waals surface area contributed by atoms with Crippen LogP contribution < -0.4 is 9.47 Å². The van der Waals surface area contributed by atoms with Crippen molar-refractivity contribution in [2.45, 2.75) is 38.0 Å². The van der Waals surface area contributed by atoms with Crippen LogP contribution in [0, 0.1) is 13.8 Å². The Labute approximate surface area is 185 Å². The average molecular weight is 434 g/mol. The summed E-state index contributed by atoms with van der Waals surface area (Å²) in [6.45, 7) is 4.75. The van der Waals surface area contributed by atoms with Gasteiger partial charge in [0.25, 0.3) is 11.1 Å². The van der Waals surface area contributed by atoms with Gasteiger partial charge < -0.3 is 13.9 Å². The smallest absolute Gasteiger partial charge is 0.277 e. The third-order valence-corrected chi connectivity index (χ3v) is 5.43. The Bertz CT molecular complexity index is 1110. The predicted octanol–water partition coefficient (Wildman–Crippen LogP) is 5.53. The molecule has 2 aromatic carbocycles. The number of aryl methyl sites for hydroxylation is 2. The SMILES string of the molecule is Cc1ccc(C)c(OCc2nnc(SCc3ccc(OCc4ccccn4)cc3)o2)c1. The number of thioether (sulfide) groups is 1. The van der Waals surface area contributed by atoms with Crippen LogP contribution in [0.3, 0.4) is 0 Å². The lowest BCUT2D eigenvalue weighted by atomic mass is 10.1. The number of hydrogen-bond acceptors (Lipinski definition) is 7. The normalized spacial score (nSPS) is 10.8. The summed E-state index contributed by atoms with van der Waals surface area (Å²) in [5.74, 6) is 2.82. The molecular formula is C24H23N3O3S. The van der Waals surface area contributed by atoms with Gasteiger partial charge in [0.15, 0.2) is 6.61 Å². The van der Waals surface area contributed by atoms with Crippen molar-refractivity contribution in [1.82, 2.24) is 15.2 Å². The molecule has 0 saturated carbocycles. The van der Waals surface area contributed by atoms with Gasteiger partial charge in [0.05, 0.1) is 5.69 Å². The molecule has 158 valence electrons. The van der Waals surface area contributed by atoms with E-state index in [1.165, 1.54) is 11.8 Å². The van der Waals surface area contributed by atoms with Gasteiger partial charge in [-0.1, -0.05) is 42.1 Å². The molecule has 0 aliphatic rings. The first-order valence-electron chi connectivity index (χ1n) is 9.92. The van der Waals surface area contributed by atoms with Gasteiger partial charge in [-0.2, -0.15) is 0 Å². The van der Waals surface area contributed by atoms with Gasteiger partial charge in [-0.3, -0.25) is 4.98 Å². The fourth-order valence-electron chi connectivity index (χ4n) is 2.82. The maximum atomic E-state index is 5.82. The summed E-state index contributed by atoms with van der Waals surface area (Å²) >= 11 is 1.49. The van der Waals surface area contributed by atoms with Gasteiger partial charge in [0.1, 0.15) is 18.1 Å². The van der Waals surface area contributed by atoms with Gasteiger partial charge in [0.2, 0.25) is 0 Å². The highest BCUT2D eigenvalue weighted by Gasteiger charge is 2.09. The van der Waals surface area contributed by atoms with E-state index in [1.54, 1.807) is 6.20 Å². The summed E-state index contributed by atoms with van der Waals surface area (Å²) in [5, 5.41) is 8.70. The van der Waals surface area contributed by atoms with Crippen molar-refractivity contribution >= 4 is 11.8 Å². The van der Waals surface area contributed by atoms with Crippen LogP contribution in [0.25, 0.3) is 0 Å². The number of rotatable bonds is 9. The molecule has 0 fully saturated rings. The zero-order chi connectivity index (χ0) is 21.5. The van der Waals surface area contributed by atoms with E-state index in [4.69, 9.17) is 13.9 Å². The van der Waals surface area contributed by atoms with Crippen LogP contribution in [0.5, 0.6) is 11.5 Å². The summed E-state index contributed by atoms with van der Waals surface area (Å²) < 4.78 is 17.3. The molecule has 0 unspecified atom stereocenters. The molecule has 31 heavy (non-hydrogen) atoms. The third kappa shape index (κ3) is 6.08. The quantitative estimate of drug-likeness (QED) is 0.321. The van der Waals surface area contributed by atoms with Crippen LogP contribution in [-0.4, -0.2) is 15.2 Å². The molecule has 4 rings (SSSR count). The third-order valence-electron chi connectivity index (χ3n) is 4.54. The second-order valence-electron chi connectivity index (χ2n) is 7.06. The maximum Gasteiger partial charge on any atom is 0.277 e. The van der Waals surface area contributed by atoms with Crippen LogP contribution in [0.4, 0.5) is 0 Å². The fraction of sp³-hybridized carbons (Fsp3) is 0.208. The standard InChI is InChI=1S/C24H23N3O3S/c1-17-6-7-18(2)22(13-17)29-15-23-26-27-24(30-23)31-16-19-8-10-21(11-9-19)28-14-20-5-3-4-12-25-20/h3-13H,14-16H2,1-2H3. The highest BCUT2D eigenvalue weighted by molar-refractivity contribution is 7.98. The molecule has 0 spiro atoms. The highest BCUT2D eigenvalue weighted by Crippen LogP contribution is 2.24. The minimum atomic E-state index is 0.250. The van der Waals surface area contributed by atoms with Crippen molar-refractivity contribution in [2.75, 3.05) is 0 Å². The molecule has 0 bridgehead atoms. The number of hydrogen-bond donors (Lipinski definition) is 0. The van der Waals surface area contributed by atoms with E-state index in [2.05, 4.69) is 21.2 Å². The van der Waals surface area contributed by atoms with Gasteiger partial charge in [-0.05, 0) is 60.9 Å². The van der Waals surface area contributed by atoms with E-state index in [9.17, 15) is 0 Å². The average Bonchev–Trinajstić information content (AvgIpc) is 3.26. The van der Waals surface area contributed by atoms with E-state index in [0.29, 0.717) is 17.7 Å². The van der Waals surface area contributed by atoms with E-state index in [0.717, 1.165) is 39.6 Å². The summed E-state index contributed by atoms with van der Waals surface area (Å²) in [4.78, 5) is 4.25. The Morgan fingerprint density at radius 2 is 1.77 bits per heavy atom. The van der Waals surface area contributed by atoms with Crippen LogP contribution in [0.15, 0.2) is 76.5 Å². The predicted molar refractivity (Wildman–Crippen MR) is 119 cm³/mol. The monoisotopic (exact) mass is 433 g/mol. The molecule has 0 radical (unpaired) electrons. The molecule has 0 atom stereocenters. The van der Waals surface area contributed by atoms with Crippen molar-refractivity contribution in [2.24, 2.45) is 0 Å². The lowest BCUT2D eigenvalue weighted by Crippen LogP contribution is -1.97. The fourth-order valence-corrected chi connectivity index (χ4v) is 3.56. The Hall–Kier alpha value is -3.32.